The summed E-state index contributed by atoms with van der Waals surface area (Å²) < 4.78 is 17.1. The molecule has 0 saturated carbocycles. The minimum atomic E-state index is -0.365. The van der Waals surface area contributed by atoms with Gasteiger partial charge in [-0.2, -0.15) is 0 Å². The van der Waals surface area contributed by atoms with E-state index in [2.05, 4.69) is 30.8 Å². The monoisotopic (exact) mass is 315 g/mol. The molecule has 0 fully saturated rings. The second-order valence-corrected chi connectivity index (χ2v) is 4.79. The number of halogens is 2. The number of hydrogen-bond donors (Lipinski definition) is 1. The van der Waals surface area contributed by atoms with Gasteiger partial charge in [0, 0.05) is 11.1 Å². The Morgan fingerprint density at radius 3 is 2.94 bits per heavy atom. The molecule has 0 aliphatic carbocycles. The Balaban J connectivity index is 2.25. The summed E-state index contributed by atoms with van der Waals surface area (Å²) in [5.74, 6) is -0.726. The molecule has 1 N–H and O–H groups in total. The molecule has 17 heavy (non-hydrogen) atoms. The average molecular weight is 316 g/mol. The van der Waals surface area contributed by atoms with E-state index in [4.69, 9.17) is 0 Å². The second-order valence-electron chi connectivity index (χ2n) is 3.33. The van der Waals surface area contributed by atoms with Crippen molar-refractivity contribution in [1.82, 2.24) is 9.59 Å². The van der Waals surface area contributed by atoms with Gasteiger partial charge in [-0.1, -0.05) is 4.49 Å². The Bertz CT molecular complexity index is 559. The highest BCUT2D eigenvalue weighted by Gasteiger charge is 2.12. The summed E-state index contributed by atoms with van der Waals surface area (Å²) in [5, 5.41) is 7.85. The van der Waals surface area contributed by atoms with Gasteiger partial charge >= 0.3 is 0 Å². The van der Waals surface area contributed by atoms with Crippen LogP contribution < -0.4 is 5.32 Å². The molecule has 0 spiro atoms. The fraction of sp³-hybridized carbons (Fsp3) is 0.100. The van der Waals surface area contributed by atoms with Crippen molar-refractivity contribution in [1.29, 1.82) is 0 Å². The van der Waals surface area contributed by atoms with E-state index in [1.165, 1.54) is 12.1 Å². The van der Waals surface area contributed by atoms with E-state index in [1.54, 1.807) is 12.3 Å². The smallest absolute Gasteiger partial charge is 0.277 e. The summed E-state index contributed by atoms with van der Waals surface area (Å²) in [4.78, 5) is 11.7. The lowest BCUT2D eigenvalue weighted by molar-refractivity contribution is 0.102. The first-order chi connectivity index (χ1) is 8.08. The van der Waals surface area contributed by atoms with Gasteiger partial charge in [0.2, 0.25) is 0 Å². The normalized spacial score (nSPS) is 10.3. The molecule has 0 aliphatic rings. The number of aromatic nitrogens is 2. The van der Waals surface area contributed by atoms with Gasteiger partial charge in [-0.05, 0) is 52.1 Å². The van der Waals surface area contributed by atoms with Crippen LogP contribution in [0.15, 0.2) is 22.0 Å². The number of hydrogen-bond acceptors (Lipinski definition) is 4. The molecule has 1 aromatic heterocycles. The lowest BCUT2D eigenvalue weighted by atomic mass is 10.2. The van der Waals surface area contributed by atoms with Crippen LogP contribution in [0.25, 0.3) is 0 Å². The summed E-state index contributed by atoms with van der Waals surface area (Å²) in [6.45, 7) is 1.71. The summed E-state index contributed by atoms with van der Waals surface area (Å²) >= 11 is 4.16. The second kappa shape index (κ2) is 4.89. The number of anilines is 1. The van der Waals surface area contributed by atoms with E-state index < -0.39 is 0 Å². The third kappa shape index (κ3) is 2.67. The van der Waals surface area contributed by atoms with Crippen LogP contribution in [-0.4, -0.2) is 15.5 Å². The van der Waals surface area contributed by atoms with Gasteiger partial charge in [0.25, 0.3) is 5.91 Å². The third-order valence-electron chi connectivity index (χ3n) is 2.11. The number of amides is 1. The number of aryl methyl sites for hydroxylation is 1. The molecule has 2 rings (SSSR count). The van der Waals surface area contributed by atoms with E-state index >= 15 is 0 Å². The van der Waals surface area contributed by atoms with Crippen molar-refractivity contribution in [3.63, 3.8) is 0 Å². The Labute approximate surface area is 109 Å². The molecule has 0 saturated heterocycles. The first kappa shape index (κ1) is 12.1. The number of benzene rings is 1. The van der Waals surface area contributed by atoms with Gasteiger partial charge in [-0.15, -0.1) is 5.10 Å². The molecule has 0 unspecified atom stereocenters. The maximum Gasteiger partial charge on any atom is 0.277 e. The van der Waals surface area contributed by atoms with Crippen molar-refractivity contribution in [2.45, 2.75) is 6.92 Å². The Morgan fingerprint density at radius 2 is 2.29 bits per heavy atom. The Hall–Kier alpha value is -1.34. The lowest BCUT2D eigenvalue weighted by Gasteiger charge is -2.08. The molecule has 4 nitrogen and oxygen atoms in total. The summed E-state index contributed by atoms with van der Waals surface area (Å²) in [5.41, 5.74) is 1.42. The van der Waals surface area contributed by atoms with E-state index in [-0.39, 0.29) is 17.4 Å². The third-order valence-corrected chi connectivity index (χ3v) is 3.22. The average Bonchev–Trinajstić information content (AvgIpc) is 2.79. The highest BCUT2D eigenvalue weighted by Crippen LogP contribution is 2.24. The zero-order chi connectivity index (χ0) is 12.4. The zero-order valence-corrected chi connectivity index (χ0v) is 11.1. The lowest BCUT2D eigenvalue weighted by Crippen LogP contribution is -2.13. The van der Waals surface area contributed by atoms with Crippen molar-refractivity contribution in [3.8, 4) is 0 Å². The standard InChI is InChI=1S/C10H7BrFN3OS/c1-5-2-7(12)6(11)3-8(5)13-10(16)9-4-17-15-14-9/h2-4H,1H3,(H,13,16). The topological polar surface area (TPSA) is 54.9 Å². The minimum Gasteiger partial charge on any atom is -0.320 e. The molecule has 0 aliphatic heterocycles. The number of nitrogens with zero attached hydrogens (tertiary/aromatic N) is 2. The van der Waals surface area contributed by atoms with Gasteiger partial charge in [0.1, 0.15) is 5.82 Å². The molecule has 7 heteroatoms. The van der Waals surface area contributed by atoms with Crippen LogP contribution in [0.5, 0.6) is 0 Å². The fourth-order valence-corrected chi connectivity index (χ4v) is 2.01. The van der Waals surface area contributed by atoms with Crippen molar-refractivity contribution in [3.05, 3.63) is 39.1 Å². The minimum absolute atomic E-state index is 0.245. The SMILES string of the molecule is Cc1cc(F)c(Br)cc1NC(=O)c1csnn1. The highest BCUT2D eigenvalue weighted by atomic mass is 79.9. The van der Waals surface area contributed by atoms with E-state index in [0.29, 0.717) is 15.7 Å². The molecule has 1 aromatic carbocycles. The Morgan fingerprint density at radius 1 is 1.53 bits per heavy atom. The largest absolute Gasteiger partial charge is 0.320 e. The molecule has 0 bridgehead atoms. The van der Waals surface area contributed by atoms with Crippen molar-refractivity contribution in [2.24, 2.45) is 0 Å². The summed E-state index contributed by atoms with van der Waals surface area (Å²) in [6, 6.07) is 2.86. The number of carbonyl (C=O) groups excluding carboxylic acids is 1. The molecular formula is C10H7BrFN3OS. The van der Waals surface area contributed by atoms with Crippen molar-refractivity contribution < 1.29 is 9.18 Å². The predicted molar refractivity (Wildman–Crippen MR) is 66.7 cm³/mol. The molecule has 0 atom stereocenters. The first-order valence-electron chi connectivity index (χ1n) is 4.62. The number of carbonyl (C=O) groups is 1. The van der Waals surface area contributed by atoms with Crippen LogP contribution >= 0.6 is 27.5 Å². The maximum atomic E-state index is 13.2. The molecule has 1 amide bonds. The molecule has 0 radical (unpaired) electrons. The van der Waals surface area contributed by atoms with Crippen molar-refractivity contribution >= 4 is 39.1 Å². The van der Waals surface area contributed by atoms with E-state index in [9.17, 15) is 9.18 Å². The molecule has 1 heterocycles. The van der Waals surface area contributed by atoms with Gasteiger partial charge in [-0.3, -0.25) is 4.79 Å². The summed E-state index contributed by atoms with van der Waals surface area (Å²) in [6.07, 6.45) is 0. The van der Waals surface area contributed by atoms with Gasteiger partial charge in [0.15, 0.2) is 5.69 Å². The zero-order valence-electron chi connectivity index (χ0n) is 8.70. The van der Waals surface area contributed by atoms with Gasteiger partial charge in [0.05, 0.1) is 4.47 Å². The highest BCUT2D eigenvalue weighted by molar-refractivity contribution is 9.10. The number of rotatable bonds is 2. The molecule has 88 valence electrons. The maximum absolute atomic E-state index is 13.2. The summed E-state index contributed by atoms with van der Waals surface area (Å²) in [7, 11) is 0. The number of nitrogens with one attached hydrogen (secondary N) is 1. The van der Waals surface area contributed by atoms with Gasteiger partial charge in [-0.25, -0.2) is 4.39 Å². The van der Waals surface area contributed by atoms with E-state index in [1.807, 2.05) is 0 Å². The van der Waals surface area contributed by atoms with E-state index in [0.717, 1.165) is 11.5 Å². The van der Waals surface area contributed by atoms with Crippen LogP contribution in [0.1, 0.15) is 16.1 Å². The predicted octanol–water partition coefficient (Wildman–Crippen LogP) is 3.00. The fourth-order valence-electron chi connectivity index (χ4n) is 1.23. The van der Waals surface area contributed by atoms with Gasteiger partial charge < -0.3 is 5.32 Å². The quantitative estimate of drug-likeness (QED) is 0.926. The van der Waals surface area contributed by atoms with Crippen LogP contribution in [0.3, 0.4) is 0 Å². The first-order valence-corrected chi connectivity index (χ1v) is 6.25. The van der Waals surface area contributed by atoms with Crippen molar-refractivity contribution in [2.75, 3.05) is 5.32 Å². The van der Waals surface area contributed by atoms with Crippen LogP contribution in [-0.2, 0) is 0 Å². The molecular weight excluding hydrogens is 309 g/mol. The molecule has 2 aromatic rings. The van der Waals surface area contributed by atoms with Crippen LogP contribution in [0, 0.1) is 12.7 Å². The van der Waals surface area contributed by atoms with Crippen LogP contribution in [0.4, 0.5) is 10.1 Å². The van der Waals surface area contributed by atoms with Crippen LogP contribution in [0.2, 0.25) is 0 Å². The Kier molecular flexibility index (Phi) is 3.49.